The van der Waals surface area contributed by atoms with Crippen molar-refractivity contribution in [3.8, 4) is 0 Å². The van der Waals surface area contributed by atoms with Crippen LogP contribution in [-0.2, 0) is 17.8 Å². The maximum absolute atomic E-state index is 12.6. The lowest BCUT2D eigenvalue weighted by Gasteiger charge is -2.26. The predicted octanol–water partition coefficient (Wildman–Crippen LogP) is 3.54. The standard InChI is InChI=1S/C21H26Cl2N6O2/c22-16-5-4-15(12-17(16)23)13-24-21-26-19-18(20(30)27-21)29(14-25-19)7-3-1-2-6-28-8-10-31-11-9-28/h4-5,12,14H,1-3,6-11,13H2,(H2,24,26,27,30). The average Bonchev–Trinajstić information content (AvgIpc) is 3.18. The van der Waals surface area contributed by atoms with Gasteiger partial charge in [0.2, 0.25) is 5.95 Å². The monoisotopic (exact) mass is 464 g/mol. The Bertz CT molecular complexity index is 1080. The normalized spacial score (nSPS) is 14.9. The molecule has 3 heterocycles. The summed E-state index contributed by atoms with van der Waals surface area (Å²) in [7, 11) is 0. The van der Waals surface area contributed by atoms with E-state index in [2.05, 4.69) is 25.2 Å². The predicted molar refractivity (Wildman–Crippen MR) is 123 cm³/mol. The van der Waals surface area contributed by atoms with Crippen molar-refractivity contribution in [2.45, 2.75) is 32.4 Å². The fourth-order valence-electron chi connectivity index (χ4n) is 3.69. The number of benzene rings is 1. The van der Waals surface area contributed by atoms with E-state index >= 15 is 0 Å². The molecular formula is C21H26Cl2N6O2. The van der Waals surface area contributed by atoms with Crippen LogP contribution in [0, 0.1) is 0 Å². The zero-order valence-corrected chi connectivity index (χ0v) is 18.8. The van der Waals surface area contributed by atoms with Crippen LogP contribution in [-0.4, -0.2) is 57.3 Å². The highest BCUT2D eigenvalue weighted by Gasteiger charge is 2.12. The zero-order valence-electron chi connectivity index (χ0n) is 17.2. The number of anilines is 1. The molecule has 1 aliphatic heterocycles. The van der Waals surface area contributed by atoms with Gasteiger partial charge in [0.1, 0.15) is 0 Å². The minimum atomic E-state index is -0.201. The number of aromatic nitrogens is 4. The van der Waals surface area contributed by atoms with Gasteiger partial charge in [-0.25, -0.2) is 4.98 Å². The van der Waals surface area contributed by atoms with Crippen LogP contribution >= 0.6 is 23.2 Å². The maximum atomic E-state index is 12.6. The van der Waals surface area contributed by atoms with Crippen LogP contribution < -0.4 is 10.9 Å². The van der Waals surface area contributed by atoms with Crippen molar-refractivity contribution in [3.63, 3.8) is 0 Å². The van der Waals surface area contributed by atoms with Gasteiger partial charge in [0, 0.05) is 26.2 Å². The number of aryl methyl sites for hydroxylation is 1. The Hall–Kier alpha value is -2.13. The summed E-state index contributed by atoms with van der Waals surface area (Å²) in [5.74, 6) is 0.374. The largest absolute Gasteiger partial charge is 0.379 e. The van der Waals surface area contributed by atoms with E-state index in [4.69, 9.17) is 27.9 Å². The number of aromatic amines is 1. The Morgan fingerprint density at radius 1 is 1.10 bits per heavy atom. The first-order valence-electron chi connectivity index (χ1n) is 10.5. The summed E-state index contributed by atoms with van der Waals surface area (Å²) in [4.78, 5) is 26.6. The second-order valence-electron chi connectivity index (χ2n) is 7.64. The lowest BCUT2D eigenvalue weighted by atomic mass is 10.2. The van der Waals surface area contributed by atoms with Gasteiger partial charge in [-0.05, 0) is 37.1 Å². The van der Waals surface area contributed by atoms with E-state index in [0.717, 1.165) is 64.2 Å². The smallest absolute Gasteiger partial charge is 0.278 e. The summed E-state index contributed by atoms with van der Waals surface area (Å²) in [6.45, 7) is 6.02. The molecule has 10 heteroatoms. The number of morpholine rings is 1. The van der Waals surface area contributed by atoms with Crippen molar-refractivity contribution in [1.29, 1.82) is 0 Å². The molecule has 0 atom stereocenters. The summed E-state index contributed by atoms with van der Waals surface area (Å²) in [5, 5.41) is 4.10. The van der Waals surface area contributed by atoms with Crippen molar-refractivity contribution in [3.05, 3.63) is 50.5 Å². The molecule has 0 bridgehead atoms. The van der Waals surface area contributed by atoms with Crippen LogP contribution in [0.2, 0.25) is 10.0 Å². The van der Waals surface area contributed by atoms with Gasteiger partial charge >= 0.3 is 0 Å². The number of ether oxygens (including phenoxy) is 1. The highest BCUT2D eigenvalue weighted by Crippen LogP contribution is 2.22. The molecule has 1 aliphatic rings. The Morgan fingerprint density at radius 2 is 1.90 bits per heavy atom. The number of fused-ring (bicyclic) bond motifs is 1. The third-order valence-electron chi connectivity index (χ3n) is 5.40. The van der Waals surface area contributed by atoms with Crippen molar-refractivity contribution >= 4 is 40.3 Å². The van der Waals surface area contributed by atoms with E-state index in [1.807, 2.05) is 10.6 Å². The quantitative estimate of drug-likeness (QED) is 0.470. The lowest BCUT2D eigenvalue weighted by molar-refractivity contribution is 0.0371. The molecule has 0 amide bonds. The van der Waals surface area contributed by atoms with Gasteiger partial charge in [0.05, 0.1) is 29.6 Å². The average molecular weight is 465 g/mol. The van der Waals surface area contributed by atoms with Gasteiger partial charge in [-0.15, -0.1) is 0 Å². The molecule has 1 fully saturated rings. The molecule has 4 rings (SSSR count). The number of hydrogen-bond acceptors (Lipinski definition) is 6. The number of halogens is 2. The highest BCUT2D eigenvalue weighted by molar-refractivity contribution is 6.42. The third kappa shape index (κ3) is 5.77. The van der Waals surface area contributed by atoms with Crippen molar-refractivity contribution < 1.29 is 4.74 Å². The summed E-state index contributed by atoms with van der Waals surface area (Å²) in [6, 6.07) is 5.38. The van der Waals surface area contributed by atoms with Gasteiger partial charge in [0.15, 0.2) is 11.2 Å². The van der Waals surface area contributed by atoms with Crippen molar-refractivity contribution in [2.75, 3.05) is 38.2 Å². The van der Waals surface area contributed by atoms with Gasteiger partial charge < -0.3 is 14.6 Å². The minimum Gasteiger partial charge on any atom is -0.379 e. The van der Waals surface area contributed by atoms with Crippen LogP contribution in [0.5, 0.6) is 0 Å². The van der Waals surface area contributed by atoms with Crippen molar-refractivity contribution in [2.24, 2.45) is 0 Å². The molecule has 166 valence electrons. The molecule has 1 saturated heterocycles. The number of nitrogens with one attached hydrogen (secondary N) is 2. The number of nitrogens with zero attached hydrogens (tertiary/aromatic N) is 4. The van der Waals surface area contributed by atoms with E-state index in [-0.39, 0.29) is 5.56 Å². The molecule has 1 aromatic carbocycles. The number of unbranched alkanes of at least 4 members (excludes halogenated alkanes) is 2. The molecule has 8 nitrogen and oxygen atoms in total. The first-order valence-corrected chi connectivity index (χ1v) is 11.3. The van der Waals surface area contributed by atoms with Gasteiger partial charge in [-0.3, -0.25) is 14.7 Å². The molecule has 2 aromatic heterocycles. The van der Waals surface area contributed by atoms with Gasteiger partial charge in [-0.2, -0.15) is 4.98 Å². The van der Waals surface area contributed by atoms with E-state index in [1.54, 1.807) is 18.5 Å². The first kappa shape index (κ1) is 22.1. The number of hydrogen-bond donors (Lipinski definition) is 2. The molecule has 0 unspecified atom stereocenters. The van der Waals surface area contributed by atoms with Crippen LogP contribution in [0.25, 0.3) is 11.2 Å². The fourth-order valence-corrected chi connectivity index (χ4v) is 4.01. The van der Waals surface area contributed by atoms with Crippen LogP contribution in [0.3, 0.4) is 0 Å². The van der Waals surface area contributed by atoms with E-state index in [0.29, 0.717) is 33.7 Å². The summed E-state index contributed by atoms with van der Waals surface area (Å²) >= 11 is 12.0. The molecule has 0 saturated carbocycles. The Balaban J connectivity index is 1.31. The zero-order chi connectivity index (χ0) is 21.6. The Morgan fingerprint density at radius 3 is 2.71 bits per heavy atom. The lowest BCUT2D eigenvalue weighted by Crippen LogP contribution is -2.36. The number of rotatable bonds is 9. The Kier molecular flexibility index (Phi) is 7.45. The minimum absolute atomic E-state index is 0.201. The summed E-state index contributed by atoms with van der Waals surface area (Å²) < 4.78 is 7.27. The van der Waals surface area contributed by atoms with Crippen LogP contribution in [0.4, 0.5) is 5.95 Å². The summed E-state index contributed by atoms with van der Waals surface area (Å²) in [6.07, 6.45) is 4.93. The van der Waals surface area contributed by atoms with E-state index in [9.17, 15) is 4.79 Å². The second kappa shape index (κ2) is 10.5. The summed E-state index contributed by atoms with van der Waals surface area (Å²) in [5.41, 5.74) is 1.68. The molecule has 2 N–H and O–H groups in total. The molecule has 0 radical (unpaired) electrons. The second-order valence-corrected chi connectivity index (χ2v) is 8.46. The van der Waals surface area contributed by atoms with E-state index < -0.39 is 0 Å². The maximum Gasteiger partial charge on any atom is 0.278 e. The topological polar surface area (TPSA) is 88.1 Å². The van der Waals surface area contributed by atoms with Crippen LogP contribution in [0.1, 0.15) is 24.8 Å². The Labute approximate surface area is 190 Å². The van der Waals surface area contributed by atoms with Gasteiger partial charge in [-0.1, -0.05) is 35.7 Å². The molecule has 0 spiro atoms. The molecule has 0 aliphatic carbocycles. The first-order chi connectivity index (χ1) is 15.1. The SMILES string of the molecule is O=c1[nH]c(NCc2ccc(Cl)c(Cl)c2)nc2ncn(CCCCCN3CCOCC3)c12. The van der Waals surface area contributed by atoms with Crippen molar-refractivity contribution in [1.82, 2.24) is 24.4 Å². The van der Waals surface area contributed by atoms with E-state index in [1.165, 1.54) is 0 Å². The fraction of sp³-hybridized carbons (Fsp3) is 0.476. The van der Waals surface area contributed by atoms with Crippen LogP contribution in [0.15, 0.2) is 29.3 Å². The third-order valence-corrected chi connectivity index (χ3v) is 6.14. The highest BCUT2D eigenvalue weighted by atomic mass is 35.5. The number of H-pyrrole nitrogens is 1. The molecule has 31 heavy (non-hydrogen) atoms. The molecule has 3 aromatic rings. The number of imidazole rings is 1. The molecular weight excluding hydrogens is 439 g/mol. The van der Waals surface area contributed by atoms with Gasteiger partial charge in [0.25, 0.3) is 5.56 Å².